The van der Waals surface area contributed by atoms with Crippen LogP contribution >= 0.6 is 0 Å². The fraction of sp³-hybridized carbons (Fsp3) is 0.100. The summed E-state index contributed by atoms with van der Waals surface area (Å²) in [6.07, 6.45) is 1.52. The van der Waals surface area contributed by atoms with E-state index in [0.717, 1.165) is 16.8 Å². The molecule has 26 heavy (non-hydrogen) atoms. The van der Waals surface area contributed by atoms with E-state index in [1.165, 1.54) is 30.5 Å². The first kappa shape index (κ1) is 17.7. The summed E-state index contributed by atoms with van der Waals surface area (Å²) in [6.45, 7) is 0.675. The van der Waals surface area contributed by atoms with Crippen molar-refractivity contribution in [3.8, 4) is 0 Å². The van der Waals surface area contributed by atoms with Crippen molar-refractivity contribution in [1.82, 2.24) is 4.98 Å². The van der Waals surface area contributed by atoms with Gasteiger partial charge in [0.25, 0.3) is 5.91 Å². The van der Waals surface area contributed by atoms with Crippen LogP contribution in [0.5, 0.6) is 0 Å². The lowest BCUT2D eigenvalue weighted by Crippen LogP contribution is -2.19. The average molecular weight is 345 g/mol. The molecule has 0 unspecified atom stereocenters. The second-order valence-corrected chi connectivity index (χ2v) is 5.96. The number of hydrogen-bond acceptors (Lipinski definition) is 3. The van der Waals surface area contributed by atoms with Gasteiger partial charge in [-0.3, -0.25) is 4.79 Å². The molecule has 1 aromatic heterocycles. The number of rotatable bonds is 5. The van der Waals surface area contributed by atoms with Gasteiger partial charge in [-0.2, -0.15) is 0 Å². The standard InChI is InChI=1S/C20H17BFN3O/c1-25(13-14-2-5-16(21)6-3-14)19-11-4-15(12-23-19)20(26)24-18-9-7-17(22)8-10-18/h2-12H,13H2,1H3,(H,24,26). The molecule has 2 radical (unpaired) electrons. The van der Waals surface area contributed by atoms with E-state index in [1.54, 1.807) is 12.1 Å². The van der Waals surface area contributed by atoms with Gasteiger partial charge in [0.1, 0.15) is 19.5 Å². The van der Waals surface area contributed by atoms with Crippen LogP contribution in [-0.2, 0) is 6.54 Å². The van der Waals surface area contributed by atoms with Gasteiger partial charge in [-0.25, -0.2) is 9.37 Å². The SMILES string of the molecule is [B]c1ccc(CN(C)c2ccc(C(=O)Nc3ccc(F)cc3)cn2)cc1. The minimum absolute atomic E-state index is 0.295. The average Bonchev–Trinajstić information content (AvgIpc) is 2.65. The van der Waals surface area contributed by atoms with E-state index in [1.807, 2.05) is 36.2 Å². The maximum Gasteiger partial charge on any atom is 0.257 e. The van der Waals surface area contributed by atoms with Crippen LogP contribution in [0.3, 0.4) is 0 Å². The smallest absolute Gasteiger partial charge is 0.257 e. The lowest BCUT2D eigenvalue weighted by molar-refractivity contribution is 0.102. The number of halogens is 1. The molecule has 4 nitrogen and oxygen atoms in total. The summed E-state index contributed by atoms with van der Waals surface area (Å²) in [5, 5.41) is 2.71. The number of nitrogens with one attached hydrogen (secondary N) is 1. The lowest BCUT2D eigenvalue weighted by atomic mass is 9.95. The van der Waals surface area contributed by atoms with E-state index >= 15 is 0 Å². The summed E-state index contributed by atoms with van der Waals surface area (Å²) in [4.78, 5) is 18.6. The third-order valence-electron chi connectivity index (χ3n) is 3.90. The molecule has 0 spiro atoms. The van der Waals surface area contributed by atoms with Crippen molar-refractivity contribution >= 4 is 30.7 Å². The van der Waals surface area contributed by atoms with E-state index in [9.17, 15) is 9.18 Å². The number of carbonyl (C=O) groups excluding carboxylic acids is 1. The molecule has 0 saturated heterocycles. The molecule has 2 aromatic carbocycles. The molecule has 3 aromatic rings. The maximum absolute atomic E-state index is 12.9. The van der Waals surface area contributed by atoms with Crippen LogP contribution in [0.15, 0.2) is 66.9 Å². The Balaban J connectivity index is 1.64. The minimum atomic E-state index is -0.349. The maximum atomic E-state index is 12.9. The van der Waals surface area contributed by atoms with Gasteiger partial charge in [-0.1, -0.05) is 29.7 Å². The third-order valence-corrected chi connectivity index (χ3v) is 3.90. The highest BCUT2D eigenvalue weighted by molar-refractivity contribution is 6.32. The molecule has 128 valence electrons. The first-order valence-corrected chi connectivity index (χ1v) is 8.10. The van der Waals surface area contributed by atoms with Gasteiger partial charge in [0.15, 0.2) is 0 Å². The van der Waals surface area contributed by atoms with E-state index in [2.05, 4.69) is 10.3 Å². The van der Waals surface area contributed by atoms with Gasteiger partial charge in [0.2, 0.25) is 0 Å². The molecule has 6 heteroatoms. The largest absolute Gasteiger partial charge is 0.355 e. The number of benzene rings is 2. The molecular weight excluding hydrogens is 328 g/mol. The fourth-order valence-corrected chi connectivity index (χ4v) is 2.46. The zero-order valence-electron chi connectivity index (χ0n) is 14.3. The fourth-order valence-electron chi connectivity index (χ4n) is 2.46. The zero-order chi connectivity index (χ0) is 18.5. The highest BCUT2D eigenvalue weighted by atomic mass is 19.1. The van der Waals surface area contributed by atoms with Crippen molar-refractivity contribution in [2.24, 2.45) is 0 Å². The van der Waals surface area contributed by atoms with Crippen molar-refractivity contribution in [2.75, 3.05) is 17.3 Å². The van der Waals surface area contributed by atoms with Gasteiger partial charge < -0.3 is 10.2 Å². The highest BCUT2D eigenvalue weighted by Gasteiger charge is 2.09. The number of amides is 1. The second kappa shape index (κ2) is 7.82. The van der Waals surface area contributed by atoms with Crippen LogP contribution in [0.4, 0.5) is 15.9 Å². The Labute approximate surface area is 153 Å². The number of anilines is 2. The molecule has 0 atom stereocenters. The van der Waals surface area contributed by atoms with Gasteiger partial charge in [-0.05, 0) is 42.0 Å². The summed E-state index contributed by atoms with van der Waals surface area (Å²) in [6, 6.07) is 16.8. The lowest BCUT2D eigenvalue weighted by Gasteiger charge is -2.18. The summed E-state index contributed by atoms with van der Waals surface area (Å²) < 4.78 is 12.9. The Morgan fingerprint density at radius 3 is 2.38 bits per heavy atom. The molecule has 3 rings (SSSR count). The molecule has 0 bridgehead atoms. The topological polar surface area (TPSA) is 45.2 Å². The highest BCUT2D eigenvalue weighted by Crippen LogP contribution is 2.15. The zero-order valence-corrected chi connectivity index (χ0v) is 14.3. The number of hydrogen-bond donors (Lipinski definition) is 1. The monoisotopic (exact) mass is 345 g/mol. The molecule has 0 aliphatic rings. The van der Waals surface area contributed by atoms with Gasteiger partial charge in [0.05, 0.1) is 5.56 Å². The molecular formula is C20H17BFN3O. The first-order chi connectivity index (χ1) is 12.5. The Morgan fingerprint density at radius 1 is 1.08 bits per heavy atom. The molecule has 0 saturated carbocycles. The van der Waals surface area contributed by atoms with E-state index in [0.29, 0.717) is 17.8 Å². The van der Waals surface area contributed by atoms with Crippen LogP contribution in [0.1, 0.15) is 15.9 Å². The molecule has 0 fully saturated rings. The minimum Gasteiger partial charge on any atom is -0.355 e. The van der Waals surface area contributed by atoms with Crippen LogP contribution in [-0.4, -0.2) is 25.8 Å². The molecule has 1 amide bonds. The first-order valence-electron chi connectivity index (χ1n) is 8.10. The van der Waals surface area contributed by atoms with Crippen molar-refractivity contribution in [3.63, 3.8) is 0 Å². The van der Waals surface area contributed by atoms with Gasteiger partial charge in [0, 0.05) is 25.5 Å². The van der Waals surface area contributed by atoms with Crippen LogP contribution in [0.2, 0.25) is 0 Å². The Hall–Kier alpha value is -3.15. The number of aromatic nitrogens is 1. The third kappa shape index (κ3) is 4.48. The van der Waals surface area contributed by atoms with Crippen LogP contribution < -0.4 is 15.7 Å². The van der Waals surface area contributed by atoms with E-state index < -0.39 is 0 Å². The normalized spacial score (nSPS) is 10.4. The Bertz CT molecular complexity index is 880. The number of pyridine rings is 1. The van der Waals surface area contributed by atoms with Crippen molar-refractivity contribution < 1.29 is 9.18 Å². The number of nitrogens with zero attached hydrogens (tertiary/aromatic N) is 2. The van der Waals surface area contributed by atoms with Crippen LogP contribution in [0, 0.1) is 5.82 Å². The number of carbonyl (C=O) groups is 1. The molecule has 1 N–H and O–H groups in total. The predicted octanol–water partition coefficient (Wildman–Crippen LogP) is 2.90. The van der Waals surface area contributed by atoms with Crippen LogP contribution in [0.25, 0.3) is 0 Å². The molecule has 1 heterocycles. The van der Waals surface area contributed by atoms with E-state index in [4.69, 9.17) is 7.85 Å². The van der Waals surface area contributed by atoms with Crippen molar-refractivity contribution in [1.29, 1.82) is 0 Å². The Morgan fingerprint density at radius 2 is 1.77 bits per heavy atom. The molecule has 0 aliphatic heterocycles. The van der Waals surface area contributed by atoms with Crippen molar-refractivity contribution in [3.05, 3.63) is 83.8 Å². The van der Waals surface area contributed by atoms with Gasteiger partial charge >= 0.3 is 0 Å². The van der Waals surface area contributed by atoms with Gasteiger partial charge in [-0.15, -0.1) is 0 Å². The summed E-state index contributed by atoms with van der Waals surface area (Å²) in [5.74, 6) is 0.107. The summed E-state index contributed by atoms with van der Waals surface area (Å²) >= 11 is 0. The molecule has 0 aliphatic carbocycles. The predicted molar refractivity (Wildman–Crippen MR) is 103 cm³/mol. The summed E-state index contributed by atoms with van der Waals surface area (Å²) in [5.41, 5.74) is 2.80. The van der Waals surface area contributed by atoms with Crippen molar-refractivity contribution in [2.45, 2.75) is 6.54 Å². The second-order valence-electron chi connectivity index (χ2n) is 5.96. The quantitative estimate of drug-likeness (QED) is 0.724. The Kier molecular flexibility index (Phi) is 5.32. The van der Waals surface area contributed by atoms with E-state index in [-0.39, 0.29) is 11.7 Å². The summed E-state index contributed by atoms with van der Waals surface area (Å²) in [7, 11) is 7.62.